The van der Waals surface area contributed by atoms with Gasteiger partial charge in [0.05, 0.1) is 0 Å². The molecule has 1 aliphatic carbocycles. The minimum atomic E-state index is -0.770. The van der Waals surface area contributed by atoms with Crippen molar-refractivity contribution in [3.05, 3.63) is 46.4 Å². The first-order valence-electron chi connectivity index (χ1n) is 6.83. The predicted octanol–water partition coefficient (Wildman–Crippen LogP) is 4.99. The SMILES string of the molecule is CCc1cccc2c1S(C)(C)C1=C2C=CCC1C. The van der Waals surface area contributed by atoms with Crippen LogP contribution in [0.2, 0.25) is 0 Å². The molecule has 3 rings (SSSR count). The maximum Gasteiger partial charge on any atom is 0.00447 e. The molecule has 0 bridgehead atoms. The van der Waals surface area contributed by atoms with E-state index in [1.165, 1.54) is 12.0 Å². The molecule has 2 aliphatic rings. The van der Waals surface area contributed by atoms with E-state index in [0.717, 1.165) is 6.42 Å². The number of hydrogen-bond donors (Lipinski definition) is 0. The molecule has 0 amide bonds. The van der Waals surface area contributed by atoms with Crippen molar-refractivity contribution in [1.29, 1.82) is 0 Å². The Hall–Kier alpha value is -0.950. The van der Waals surface area contributed by atoms with Gasteiger partial charge in [-0.3, -0.25) is 0 Å². The molecule has 96 valence electrons. The molecule has 0 radical (unpaired) electrons. The van der Waals surface area contributed by atoms with Gasteiger partial charge >= 0.3 is 0 Å². The lowest BCUT2D eigenvalue weighted by molar-refractivity contribution is 0.727. The van der Waals surface area contributed by atoms with E-state index in [2.05, 4.69) is 56.7 Å². The first kappa shape index (κ1) is 12.1. The second-order valence-electron chi connectivity index (χ2n) is 5.79. The Labute approximate surface area is 112 Å². The largest absolute Gasteiger partial charge is 0.196 e. The molecule has 0 fully saturated rings. The lowest BCUT2D eigenvalue weighted by Gasteiger charge is -2.36. The van der Waals surface area contributed by atoms with Crippen LogP contribution in [0.4, 0.5) is 0 Å². The van der Waals surface area contributed by atoms with Crippen molar-refractivity contribution in [2.24, 2.45) is 5.92 Å². The minimum Gasteiger partial charge on any atom is -0.196 e. The van der Waals surface area contributed by atoms with Gasteiger partial charge < -0.3 is 0 Å². The predicted molar refractivity (Wildman–Crippen MR) is 83.4 cm³/mol. The summed E-state index contributed by atoms with van der Waals surface area (Å²) in [5.74, 6) is 0.715. The molecular weight excluding hydrogens is 236 g/mol. The number of allylic oxidation sites excluding steroid dienone is 4. The van der Waals surface area contributed by atoms with Crippen LogP contribution in [0.15, 0.2) is 40.2 Å². The Bertz CT molecular complexity index is 561. The number of fused-ring (bicyclic) bond motifs is 2. The van der Waals surface area contributed by atoms with E-state index in [4.69, 9.17) is 0 Å². The van der Waals surface area contributed by atoms with Crippen molar-refractivity contribution in [2.75, 3.05) is 12.5 Å². The molecule has 1 heteroatoms. The van der Waals surface area contributed by atoms with Crippen molar-refractivity contribution in [2.45, 2.75) is 31.6 Å². The topological polar surface area (TPSA) is 0 Å². The highest BCUT2D eigenvalue weighted by atomic mass is 32.3. The summed E-state index contributed by atoms with van der Waals surface area (Å²) in [6, 6.07) is 6.88. The van der Waals surface area contributed by atoms with Crippen molar-refractivity contribution in [3.63, 3.8) is 0 Å². The highest BCUT2D eigenvalue weighted by Crippen LogP contribution is 2.69. The van der Waals surface area contributed by atoms with Crippen molar-refractivity contribution < 1.29 is 0 Å². The fraction of sp³-hybridized carbons (Fsp3) is 0.412. The molecule has 1 aliphatic heterocycles. The molecule has 0 saturated heterocycles. The summed E-state index contributed by atoms with van der Waals surface area (Å²) in [4.78, 5) is 3.40. The molecule has 18 heavy (non-hydrogen) atoms. The van der Waals surface area contributed by atoms with E-state index >= 15 is 0 Å². The van der Waals surface area contributed by atoms with Crippen LogP contribution >= 0.6 is 10.0 Å². The average molecular weight is 258 g/mol. The molecule has 0 spiro atoms. The van der Waals surface area contributed by atoms with Gasteiger partial charge in [0.1, 0.15) is 0 Å². The fourth-order valence-corrected chi connectivity index (χ4v) is 7.28. The van der Waals surface area contributed by atoms with Crippen molar-refractivity contribution in [1.82, 2.24) is 0 Å². The van der Waals surface area contributed by atoms with E-state index < -0.39 is 10.0 Å². The normalized spacial score (nSPS) is 25.9. The smallest absolute Gasteiger partial charge is 0.00447 e. The van der Waals surface area contributed by atoms with E-state index in [9.17, 15) is 0 Å². The third-order valence-electron chi connectivity index (χ3n) is 4.31. The first-order chi connectivity index (χ1) is 8.57. The first-order valence-corrected chi connectivity index (χ1v) is 9.28. The summed E-state index contributed by atoms with van der Waals surface area (Å²) in [6.45, 7) is 4.67. The van der Waals surface area contributed by atoms with Crippen molar-refractivity contribution >= 4 is 15.6 Å². The van der Waals surface area contributed by atoms with Gasteiger partial charge in [0.15, 0.2) is 0 Å². The average Bonchev–Trinajstić information content (AvgIpc) is 2.60. The van der Waals surface area contributed by atoms with E-state index in [-0.39, 0.29) is 0 Å². The van der Waals surface area contributed by atoms with Crippen LogP contribution in [0.5, 0.6) is 0 Å². The molecule has 0 aromatic heterocycles. The van der Waals surface area contributed by atoms with Crippen LogP contribution in [-0.2, 0) is 6.42 Å². The van der Waals surface area contributed by atoms with Crippen LogP contribution in [0, 0.1) is 5.92 Å². The number of benzene rings is 1. The van der Waals surface area contributed by atoms with E-state index in [0.29, 0.717) is 5.92 Å². The summed E-state index contributed by atoms with van der Waals surface area (Å²) < 4.78 is 0. The molecule has 1 aromatic rings. The molecule has 1 aromatic carbocycles. The zero-order valence-electron chi connectivity index (χ0n) is 11.8. The molecule has 1 unspecified atom stereocenters. The van der Waals surface area contributed by atoms with Crippen molar-refractivity contribution in [3.8, 4) is 0 Å². The van der Waals surface area contributed by atoms with Crippen LogP contribution in [0.25, 0.3) is 5.57 Å². The van der Waals surface area contributed by atoms with E-state index in [1.54, 1.807) is 20.9 Å². The Kier molecular flexibility index (Phi) is 2.71. The Morgan fingerprint density at radius 2 is 2.06 bits per heavy atom. The molecular formula is C17H22S. The van der Waals surface area contributed by atoms with Crippen LogP contribution < -0.4 is 0 Å². The van der Waals surface area contributed by atoms with Crippen LogP contribution in [0.1, 0.15) is 31.4 Å². The molecule has 0 nitrogen and oxygen atoms in total. The van der Waals surface area contributed by atoms with Gasteiger partial charge in [-0.1, -0.05) is 44.2 Å². The summed E-state index contributed by atoms with van der Waals surface area (Å²) in [5, 5.41) is 0. The molecule has 1 heterocycles. The highest BCUT2D eigenvalue weighted by Gasteiger charge is 2.37. The number of rotatable bonds is 1. The number of hydrogen-bond acceptors (Lipinski definition) is 0. The lowest BCUT2D eigenvalue weighted by atomic mass is 9.92. The van der Waals surface area contributed by atoms with Gasteiger partial charge in [-0.15, -0.1) is 0 Å². The zero-order chi connectivity index (χ0) is 12.9. The second-order valence-corrected chi connectivity index (χ2v) is 9.29. The third kappa shape index (κ3) is 1.46. The van der Waals surface area contributed by atoms with E-state index in [1.807, 2.05) is 0 Å². The Morgan fingerprint density at radius 1 is 1.28 bits per heavy atom. The summed E-state index contributed by atoms with van der Waals surface area (Å²) in [7, 11) is -0.770. The minimum absolute atomic E-state index is 0.715. The monoisotopic (exact) mass is 258 g/mol. The van der Waals surface area contributed by atoms with Gasteiger partial charge in [-0.2, -0.15) is 10.0 Å². The van der Waals surface area contributed by atoms with Gasteiger partial charge in [0, 0.05) is 4.90 Å². The summed E-state index contributed by atoms with van der Waals surface area (Å²) in [6.07, 6.45) is 12.1. The van der Waals surface area contributed by atoms with Gasteiger partial charge in [0.25, 0.3) is 0 Å². The molecule has 0 N–H and O–H groups in total. The standard InChI is InChI=1S/C17H22S/c1-5-13-9-7-11-15-14-10-6-8-12(2)16(14)18(3,4)17(13)15/h6-7,9-12H,5,8H2,1-4H3. The number of aryl methyl sites for hydroxylation is 1. The van der Waals surface area contributed by atoms with Gasteiger partial charge in [-0.25, -0.2) is 0 Å². The Balaban J connectivity index is 2.30. The molecule has 1 atom stereocenters. The fourth-order valence-electron chi connectivity index (χ4n) is 3.63. The maximum atomic E-state index is 2.49. The van der Waals surface area contributed by atoms with Crippen LogP contribution in [0.3, 0.4) is 0 Å². The quantitative estimate of drug-likeness (QED) is 0.665. The second kappa shape index (κ2) is 4.03. The summed E-state index contributed by atoms with van der Waals surface area (Å²) >= 11 is 0. The van der Waals surface area contributed by atoms with Gasteiger partial charge in [-0.05, 0) is 52.9 Å². The highest BCUT2D eigenvalue weighted by molar-refractivity contribution is 8.36. The van der Waals surface area contributed by atoms with Gasteiger partial charge in [0.2, 0.25) is 0 Å². The Morgan fingerprint density at radius 3 is 2.78 bits per heavy atom. The molecule has 0 saturated carbocycles. The maximum absolute atomic E-state index is 2.49. The third-order valence-corrected chi connectivity index (χ3v) is 7.54. The lowest BCUT2D eigenvalue weighted by Crippen LogP contribution is -2.08. The van der Waals surface area contributed by atoms with Crippen LogP contribution in [-0.4, -0.2) is 12.5 Å². The summed E-state index contributed by atoms with van der Waals surface area (Å²) in [5.41, 5.74) is 4.62. The zero-order valence-corrected chi connectivity index (χ0v) is 12.6.